The summed E-state index contributed by atoms with van der Waals surface area (Å²) < 4.78 is 0.475. The first-order chi connectivity index (χ1) is 4.70. The number of nitrogens with two attached hydrogens (primary N) is 1. The van der Waals surface area contributed by atoms with E-state index in [9.17, 15) is 0 Å². The fraction of sp³-hybridized carbons (Fsp3) is 0.833. The maximum absolute atomic E-state index is 7.03. The smallest absolute Gasteiger partial charge is 0.152 e. The van der Waals surface area contributed by atoms with Crippen LogP contribution in [-0.4, -0.2) is 15.5 Å². The molecule has 0 aromatic heterocycles. The third-order valence-electron chi connectivity index (χ3n) is 0.944. The Morgan fingerprint density at radius 3 is 2.50 bits per heavy atom. The van der Waals surface area contributed by atoms with E-state index in [1.165, 1.54) is 11.8 Å². The molecule has 3 N–H and O–H groups in total. The summed E-state index contributed by atoms with van der Waals surface area (Å²) in [4.78, 5) is 0. The van der Waals surface area contributed by atoms with Gasteiger partial charge in [-0.3, -0.25) is 5.41 Å². The second kappa shape index (κ2) is 5.92. The van der Waals surface area contributed by atoms with Crippen LogP contribution in [0.25, 0.3) is 0 Å². The molecule has 0 saturated carbocycles. The van der Waals surface area contributed by atoms with Gasteiger partial charge in [0.2, 0.25) is 0 Å². The maximum atomic E-state index is 7.03. The number of rotatable bonds is 4. The molecule has 0 radical (unpaired) electrons. The topological polar surface area (TPSA) is 49.9 Å². The van der Waals surface area contributed by atoms with Crippen LogP contribution in [0.4, 0.5) is 0 Å². The van der Waals surface area contributed by atoms with Gasteiger partial charge in [-0.15, -0.1) is 11.8 Å². The Balaban J connectivity index is 3.49. The summed E-state index contributed by atoms with van der Waals surface area (Å²) in [5.41, 5.74) is 5.23. The highest BCUT2D eigenvalue weighted by Crippen LogP contribution is 2.25. The third kappa shape index (κ3) is 4.99. The van der Waals surface area contributed by atoms with Gasteiger partial charge < -0.3 is 5.73 Å². The molecule has 0 fully saturated rings. The minimum Gasteiger partial charge on any atom is -0.379 e. The van der Waals surface area contributed by atoms with Gasteiger partial charge in [0.1, 0.15) is 0 Å². The summed E-state index contributed by atoms with van der Waals surface area (Å²) >= 11 is 3.30. The first-order valence-electron chi connectivity index (χ1n) is 3.33. The van der Waals surface area contributed by atoms with Crippen LogP contribution < -0.4 is 5.73 Å². The van der Waals surface area contributed by atoms with Crippen LogP contribution in [0.15, 0.2) is 0 Å². The fourth-order valence-electron chi connectivity index (χ4n) is 0.563. The molecule has 2 nitrogen and oxygen atoms in total. The van der Waals surface area contributed by atoms with Gasteiger partial charge in [-0.1, -0.05) is 25.6 Å². The van der Waals surface area contributed by atoms with E-state index >= 15 is 0 Å². The highest BCUT2D eigenvalue weighted by Gasteiger charge is 2.06. The van der Waals surface area contributed by atoms with Gasteiger partial charge in [0.15, 0.2) is 5.17 Å². The average Bonchev–Trinajstić information content (AvgIpc) is 1.86. The molecule has 0 aromatic rings. The highest BCUT2D eigenvalue weighted by molar-refractivity contribution is 8.24. The summed E-state index contributed by atoms with van der Waals surface area (Å²) in [5, 5.41) is 7.26. The van der Waals surface area contributed by atoms with E-state index in [1.54, 1.807) is 0 Å². The molecule has 60 valence electrons. The van der Waals surface area contributed by atoms with E-state index in [-0.39, 0.29) is 5.17 Å². The molecule has 0 rings (SSSR count). The van der Waals surface area contributed by atoms with Gasteiger partial charge in [0.25, 0.3) is 0 Å². The Labute approximate surface area is 70.8 Å². The van der Waals surface area contributed by atoms with E-state index in [0.717, 1.165) is 12.2 Å². The second-order valence-corrected chi connectivity index (χ2v) is 4.80. The largest absolute Gasteiger partial charge is 0.379 e. The van der Waals surface area contributed by atoms with Gasteiger partial charge >= 0.3 is 0 Å². The van der Waals surface area contributed by atoms with Crippen molar-refractivity contribution in [2.24, 2.45) is 5.73 Å². The summed E-state index contributed by atoms with van der Waals surface area (Å²) in [7, 11) is 0. The number of nitrogens with one attached hydrogen (secondary N) is 1. The number of amidine groups is 1. The summed E-state index contributed by atoms with van der Waals surface area (Å²) in [6.45, 7) is 4.23. The lowest BCUT2D eigenvalue weighted by Crippen LogP contribution is -2.09. The zero-order valence-electron chi connectivity index (χ0n) is 6.39. The highest BCUT2D eigenvalue weighted by atomic mass is 32.2. The summed E-state index contributed by atoms with van der Waals surface area (Å²) in [6.07, 6.45) is 1.07. The first-order valence-corrected chi connectivity index (χ1v) is 5.25. The average molecular weight is 178 g/mol. The molecule has 0 aliphatic rings. The molecule has 0 aliphatic carbocycles. The molecule has 1 atom stereocenters. The van der Waals surface area contributed by atoms with Gasteiger partial charge in [0.05, 0.1) is 4.58 Å². The van der Waals surface area contributed by atoms with Crippen LogP contribution in [0.5, 0.6) is 0 Å². The molecule has 0 bridgehead atoms. The molecule has 1 unspecified atom stereocenters. The van der Waals surface area contributed by atoms with E-state index in [4.69, 9.17) is 11.1 Å². The molecule has 0 aliphatic heterocycles. The van der Waals surface area contributed by atoms with Crippen molar-refractivity contribution >= 4 is 28.7 Å². The Hall–Kier alpha value is 0.170. The summed E-state index contributed by atoms with van der Waals surface area (Å²) in [5.74, 6) is 1.10. The van der Waals surface area contributed by atoms with Gasteiger partial charge in [-0.25, -0.2) is 0 Å². The fourth-order valence-corrected chi connectivity index (χ4v) is 2.61. The first kappa shape index (κ1) is 10.2. The van der Waals surface area contributed by atoms with Crippen molar-refractivity contribution < 1.29 is 0 Å². The molecule has 0 spiro atoms. The van der Waals surface area contributed by atoms with E-state index in [2.05, 4.69) is 13.8 Å². The maximum Gasteiger partial charge on any atom is 0.152 e. The van der Waals surface area contributed by atoms with E-state index in [0.29, 0.717) is 4.58 Å². The van der Waals surface area contributed by atoms with Crippen molar-refractivity contribution in [2.45, 2.75) is 24.9 Å². The minimum atomic E-state index is 0.229. The lowest BCUT2D eigenvalue weighted by molar-refractivity contribution is 1.06. The van der Waals surface area contributed by atoms with Gasteiger partial charge in [0, 0.05) is 0 Å². The predicted molar refractivity (Wildman–Crippen MR) is 51.7 cm³/mol. The molecule has 4 heteroatoms. The van der Waals surface area contributed by atoms with Crippen molar-refractivity contribution in [3.63, 3.8) is 0 Å². The Bertz CT molecular complexity index is 106. The van der Waals surface area contributed by atoms with Crippen molar-refractivity contribution in [3.05, 3.63) is 0 Å². The SMILES string of the molecule is CCSC(CC)SC(=N)N. The monoisotopic (exact) mass is 178 g/mol. The molecular weight excluding hydrogens is 164 g/mol. The number of hydrogen-bond donors (Lipinski definition) is 2. The van der Waals surface area contributed by atoms with Crippen molar-refractivity contribution in [2.75, 3.05) is 5.75 Å². The second-order valence-electron chi connectivity index (χ2n) is 1.78. The quantitative estimate of drug-likeness (QED) is 0.394. The normalized spacial score (nSPS) is 13.0. The van der Waals surface area contributed by atoms with Crippen LogP contribution in [0.2, 0.25) is 0 Å². The Kier molecular flexibility index (Phi) is 6.02. The summed E-state index contributed by atoms with van der Waals surface area (Å²) in [6, 6.07) is 0. The Morgan fingerprint density at radius 1 is 1.60 bits per heavy atom. The lowest BCUT2D eigenvalue weighted by atomic mass is 10.6. The molecule has 10 heavy (non-hydrogen) atoms. The van der Waals surface area contributed by atoms with Crippen LogP contribution in [-0.2, 0) is 0 Å². The van der Waals surface area contributed by atoms with Crippen LogP contribution in [0.3, 0.4) is 0 Å². The molecule has 0 aromatic carbocycles. The standard InChI is InChI=1S/C6H14N2S2/c1-3-5(9-4-2)10-6(7)8/h5H,3-4H2,1-2H3,(H3,7,8). The number of thioether (sulfide) groups is 2. The molecule has 0 saturated heterocycles. The van der Waals surface area contributed by atoms with Crippen molar-refractivity contribution in [1.29, 1.82) is 5.41 Å². The minimum absolute atomic E-state index is 0.229. The van der Waals surface area contributed by atoms with Gasteiger partial charge in [-0.2, -0.15) is 0 Å². The van der Waals surface area contributed by atoms with Crippen molar-refractivity contribution in [1.82, 2.24) is 0 Å². The van der Waals surface area contributed by atoms with Crippen molar-refractivity contribution in [3.8, 4) is 0 Å². The zero-order valence-corrected chi connectivity index (χ0v) is 8.02. The van der Waals surface area contributed by atoms with Crippen LogP contribution >= 0.6 is 23.5 Å². The lowest BCUT2D eigenvalue weighted by Gasteiger charge is -2.10. The molecular formula is C6H14N2S2. The third-order valence-corrected chi connectivity index (χ3v) is 3.53. The number of hydrogen-bond acceptors (Lipinski definition) is 3. The zero-order chi connectivity index (χ0) is 7.98. The molecule has 0 amide bonds. The van der Waals surface area contributed by atoms with E-state index in [1.807, 2.05) is 11.8 Å². The molecule has 0 heterocycles. The Morgan fingerprint density at radius 2 is 2.20 bits per heavy atom. The van der Waals surface area contributed by atoms with Crippen LogP contribution in [0.1, 0.15) is 20.3 Å². The van der Waals surface area contributed by atoms with E-state index < -0.39 is 0 Å². The predicted octanol–water partition coefficient (Wildman–Crippen LogP) is 2.10. The van der Waals surface area contributed by atoms with Gasteiger partial charge in [-0.05, 0) is 12.2 Å². The van der Waals surface area contributed by atoms with Crippen LogP contribution in [0, 0.1) is 5.41 Å².